The van der Waals surface area contributed by atoms with E-state index in [0.29, 0.717) is 19.6 Å². The standard InChI is InChI=1S/C49H96O4/c1-3-5-7-9-11-13-15-17-19-20-21-22-23-24-25-26-27-28-29-31-33-35-37-39-41-43-45-52-47-48(46-50)53-49(51)44-42-40-38-36-34-32-30-18-16-14-12-10-8-6-4-2/h20-21,48,50H,3-19,22-47H2,1-2H3/b21-20-. The summed E-state index contributed by atoms with van der Waals surface area (Å²) >= 11 is 0. The van der Waals surface area contributed by atoms with Crippen LogP contribution in [-0.2, 0) is 14.3 Å². The molecule has 316 valence electrons. The first-order valence-corrected chi connectivity index (χ1v) is 24.3. The van der Waals surface area contributed by atoms with E-state index >= 15 is 0 Å². The van der Waals surface area contributed by atoms with Gasteiger partial charge >= 0.3 is 5.97 Å². The average Bonchev–Trinajstić information content (AvgIpc) is 3.16. The van der Waals surface area contributed by atoms with E-state index in [-0.39, 0.29) is 12.6 Å². The molecule has 1 unspecified atom stereocenters. The molecular formula is C49H96O4. The molecule has 0 bridgehead atoms. The van der Waals surface area contributed by atoms with E-state index in [1.165, 1.54) is 231 Å². The van der Waals surface area contributed by atoms with Crippen molar-refractivity contribution in [1.82, 2.24) is 0 Å². The average molecular weight is 749 g/mol. The summed E-state index contributed by atoms with van der Waals surface area (Å²) in [7, 11) is 0. The Morgan fingerprint density at radius 2 is 0.736 bits per heavy atom. The minimum atomic E-state index is -0.527. The lowest BCUT2D eigenvalue weighted by atomic mass is 10.0. The zero-order chi connectivity index (χ0) is 38.4. The molecule has 0 heterocycles. The van der Waals surface area contributed by atoms with Crippen LogP contribution in [0.25, 0.3) is 0 Å². The maximum absolute atomic E-state index is 12.2. The smallest absolute Gasteiger partial charge is 0.306 e. The van der Waals surface area contributed by atoms with Crippen LogP contribution in [-0.4, -0.2) is 37.0 Å². The third-order valence-corrected chi connectivity index (χ3v) is 11.1. The number of aliphatic hydroxyl groups is 1. The van der Waals surface area contributed by atoms with Gasteiger partial charge in [0, 0.05) is 13.0 Å². The molecule has 0 rings (SSSR count). The van der Waals surface area contributed by atoms with Gasteiger partial charge in [-0.3, -0.25) is 4.79 Å². The Morgan fingerprint density at radius 3 is 1.08 bits per heavy atom. The highest BCUT2D eigenvalue weighted by atomic mass is 16.6. The van der Waals surface area contributed by atoms with Gasteiger partial charge < -0.3 is 14.6 Å². The van der Waals surface area contributed by atoms with Gasteiger partial charge in [-0.05, 0) is 38.5 Å². The van der Waals surface area contributed by atoms with E-state index in [2.05, 4.69) is 26.0 Å². The van der Waals surface area contributed by atoms with Gasteiger partial charge in [-0.2, -0.15) is 0 Å². The summed E-state index contributed by atoms with van der Waals surface area (Å²) in [6, 6.07) is 0. The fourth-order valence-corrected chi connectivity index (χ4v) is 7.44. The van der Waals surface area contributed by atoms with E-state index in [9.17, 15) is 9.90 Å². The second kappa shape index (κ2) is 47.3. The molecular weight excluding hydrogens is 653 g/mol. The molecule has 0 aromatic carbocycles. The summed E-state index contributed by atoms with van der Waals surface area (Å²) in [6.07, 6.45) is 57.3. The first-order chi connectivity index (χ1) is 26.2. The molecule has 0 aromatic heterocycles. The number of hydrogen-bond acceptors (Lipinski definition) is 4. The van der Waals surface area contributed by atoms with Crippen LogP contribution in [0, 0.1) is 0 Å². The van der Waals surface area contributed by atoms with Crippen molar-refractivity contribution in [3.05, 3.63) is 12.2 Å². The van der Waals surface area contributed by atoms with E-state index in [0.717, 1.165) is 19.3 Å². The minimum absolute atomic E-state index is 0.165. The zero-order valence-corrected chi connectivity index (χ0v) is 36.3. The molecule has 53 heavy (non-hydrogen) atoms. The summed E-state index contributed by atoms with van der Waals surface area (Å²) < 4.78 is 11.2. The van der Waals surface area contributed by atoms with Crippen LogP contribution >= 0.6 is 0 Å². The van der Waals surface area contributed by atoms with Gasteiger partial charge in [0.25, 0.3) is 0 Å². The molecule has 0 saturated carbocycles. The van der Waals surface area contributed by atoms with Crippen LogP contribution in [0.2, 0.25) is 0 Å². The van der Waals surface area contributed by atoms with Gasteiger partial charge in [-0.15, -0.1) is 0 Å². The number of carbonyl (C=O) groups is 1. The van der Waals surface area contributed by atoms with E-state index in [1.807, 2.05) is 0 Å². The summed E-state index contributed by atoms with van der Waals surface area (Å²) in [5.74, 6) is -0.194. The molecule has 1 atom stereocenters. The molecule has 0 aliphatic carbocycles. The fourth-order valence-electron chi connectivity index (χ4n) is 7.44. The van der Waals surface area contributed by atoms with E-state index in [4.69, 9.17) is 9.47 Å². The number of aliphatic hydroxyl groups excluding tert-OH is 1. The summed E-state index contributed by atoms with van der Waals surface area (Å²) in [5.41, 5.74) is 0. The molecule has 0 saturated heterocycles. The summed E-state index contributed by atoms with van der Waals surface area (Å²) in [5, 5.41) is 9.62. The number of ether oxygens (including phenoxy) is 2. The molecule has 1 N–H and O–H groups in total. The predicted octanol–water partition coefficient (Wildman–Crippen LogP) is 16.1. The third-order valence-electron chi connectivity index (χ3n) is 11.1. The van der Waals surface area contributed by atoms with Crippen molar-refractivity contribution < 1.29 is 19.4 Å². The lowest BCUT2D eigenvalue weighted by Crippen LogP contribution is -2.27. The van der Waals surface area contributed by atoms with Gasteiger partial charge in [-0.1, -0.05) is 238 Å². The summed E-state index contributed by atoms with van der Waals surface area (Å²) in [4.78, 5) is 12.2. The second-order valence-electron chi connectivity index (χ2n) is 16.5. The van der Waals surface area contributed by atoms with Crippen LogP contribution < -0.4 is 0 Å². The monoisotopic (exact) mass is 749 g/mol. The Bertz CT molecular complexity index is 707. The van der Waals surface area contributed by atoms with Crippen molar-refractivity contribution >= 4 is 5.97 Å². The number of hydrogen-bond donors (Lipinski definition) is 1. The Hall–Kier alpha value is -0.870. The van der Waals surface area contributed by atoms with E-state index < -0.39 is 6.10 Å². The van der Waals surface area contributed by atoms with Crippen LogP contribution in [0.1, 0.15) is 271 Å². The molecule has 0 amide bonds. The third kappa shape index (κ3) is 45.4. The second-order valence-corrected chi connectivity index (χ2v) is 16.5. The van der Waals surface area contributed by atoms with E-state index in [1.54, 1.807) is 0 Å². The van der Waals surface area contributed by atoms with Gasteiger partial charge in [0.2, 0.25) is 0 Å². The number of esters is 1. The summed E-state index contributed by atoms with van der Waals surface area (Å²) in [6.45, 7) is 5.40. The Labute approximate surface area is 333 Å². The first-order valence-electron chi connectivity index (χ1n) is 24.3. The SMILES string of the molecule is CCCCCCCCCC/C=C\CCCCCCCCCCCCCCCCOCC(CO)OC(=O)CCCCCCCCCCCCCCCCC. The highest BCUT2D eigenvalue weighted by Crippen LogP contribution is 2.16. The maximum Gasteiger partial charge on any atom is 0.306 e. The molecule has 4 nitrogen and oxygen atoms in total. The van der Waals surface area contributed by atoms with Gasteiger partial charge in [-0.25, -0.2) is 0 Å². The molecule has 0 radical (unpaired) electrons. The normalized spacial score (nSPS) is 12.3. The molecule has 0 fully saturated rings. The molecule has 4 heteroatoms. The lowest BCUT2D eigenvalue weighted by molar-refractivity contribution is -0.154. The van der Waals surface area contributed by atoms with Gasteiger partial charge in [0.1, 0.15) is 6.10 Å². The van der Waals surface area contributed by atoms with Gasteiger partial charge in [0.15, 0.2) is 0 Å². The largest absolute Gasteiger partial charge is 0.457 e. The topological polar surface area (TPSA) is 55.8 Å². The van der Waals surface area contributed by atoms with Crippen LogP contribution in [0.15, 0.2) is 12.2 Å². The zero-order valence-electron chi connectivity index (χ0n) is 36.3. The number of rotatable bonds is 46. The highest BCUT2D eigenvalue weighted by Gasteiger charge is 2.13. The minimum Gasteiger partial charge on any atom is -0.457 e. The Kier molecular flexibility index (Phi) is 46.5. The van der Waals surface area contributed by atoms with Crippen molar-refractivity contribution in [2.75, 3.05) is 19.8 Å². The van der Waals surface area contributed by atoms with Gasteiger partial charge in [0.05, 0.1) is 13.2 Å². The van der Waals surface area contributed by atoms with Crippen molar-refractivity contribution in [3.63, 3.8) is 0 Å². The maximum atomic E-state index is 12.2. The molecule has 0 spiro atoms. The Morgan fingerprint density at radius 1 is 0.434 bits per heavy atom. The highest BCUT2D eigenvalue weighted by molar-refractivity contribution is 5.69. The van der Waals surface area contributed by atoms with Crippen LogP contribution in [0.4, 0.5) is 0 Å². The van der Waals surface area contributed by atoms with Crippen LogP contribution in [0.5, 0.6) is 0 Å². The number of allylic oxidation sites excluding steroid dienone is 2. The number of carbonyl (C=O) groups excluding carboxylic acids is 1. The predicted molar refractivity (Wildman–Crippen MR) is 233 cm³/mol. The molecule has 0 aliphatic heterocycles. The first kappa shape index (κ1) is 52.1. The number of unbranched alkanes of at least 4 members (excludes halogenated alkanes) is 36. The Balaban J connectivity index is 3.33. The van der Waals surface area contributed by atoms with Crippen molar-refractivity contribution in [3.8, 4) is 0 Å². The fraction of sp³-hybridized carbons (Fsp3) is 0.939. The van der Waals surface area contributed by atoms with Crippen LogP contribution in [0.3, 0.4) is 0 Å². The quantitative estimate of drug-likeness (QED) is 0.0383. The molecule has 0 aromatic rings. The van der Waals surface area contributed by atoms with Crippen molar-refractivity contribution in [1.29, 1.82) is 0 Å². The van der Waals surface area contributed by atoms with Crippen molar-refractivity contribution in [2.24, 2.45) is 0 Å². The van der Waals surface area contributed by atoms with Crippen molar-refractivity contribution in [2.45, 2.75) is 277 Å². The lowest BCUT2D eigenvalue weighted by Gasteiger charge is -2.16. The molecule has 0 aliphatic rings.